The Kier molecular flexibility index (Phi) is 10.6. The molecule has 0 saturated heterocycles. The third-order valence-electron chi connectivity index (χ3n) is 6.93. The Morgan fingerprint density at radius 3 is 2.39 bits per heavy atom. The van der Waals surface area contributed by atoms with E-state index in [0.29, 0.717) is 24.8 Å². The first-order chi connectivity index (χ1) is 21.4. The predicted octanol–water partition coefficient (Wildman–Crippen LogP) is 6.92. The number of fused-ring (bicyclic) bond motifs is 1. The molecule has 10 nitrogen and oxygen atoms in total. The van der Waals surface area contributed by atoms with Crippen LogP contribution in [0, 0.1) is 11.6 Å². The number of alkyl halides is 4. The highest BCUT2D eigenvalue weighted by molar-refractivity contribution is 8.00. The molecule has 1 fully saturated rings. The van der Waals surface area contributed by atoms with Crippen molar-refractivity contribution in [1.82, 2.24) is 24.8 Å². The number of aromatic nitrogens is 4. The van der Waals surface area contributed by atoms with Gasteiger partial charge < -0.3 is 20.1 Å². The van der Waals surface area contributed by atoms with E-state index in [1.54, 1.807) is 34.6 Å². The number of nitrogens with one attached hydrogen (secondary N) is 3. The topological polar surface area (TPSA) is 123 Å². The van der Waals surface area contributed by atoms with Gasteiger partial charge in [0.15, 0.2) is 17.3 Å². The summed E-state index contributed by atoms with van der Waals surface area (Å²) < 4.78 is 90.6. The zero-order valence-corrected chi connectivity index (χ0v) is 26.6. The molecule has 3 unspecified atom stereocenters. The fourth-order valence-electron chi connectivity index (χ4n) is 4.89. The Bertz CT molecular complexity index is 1610. The van der Waals surface area contributed by atoms with E-state index in [-0.39, 0.29) is 40.8 Å². The van der Waals surface area contributed by atoms with Crippen LogP contribution >= 0.6 is 11.9 Å². The Labute approximate surface area is 265 Å². The molecule has 46 heavy (non-hydrogen) atoms. The van der Waals surface area contributed by atoms with Crippen molar-refractivity contribution in [3.63, 3.8) is 0 Å². The number of ether oxygens (including phenoxy) is 1. The highest BCUT2D eigenvalue weighted by atomic mass is 32.2. The van der Waals surface area contributed by atoms with Crippen molar-refractivity contribution >= 4 is 40.8 Å². The van der Waals surface area contributed by atoms with Gasteiger partial charge in [0, 0.05) is 29.8 Å². The maximum absolute atomic E-state index is 15.0. The number of nitrogens with zero attached hydrogens (tertiary/aromatic N) is 4. The van der Waals surface area contributed by atoms with Crippen molar-refractivity contribution in [2.45, 2.75) is 96.4 Å². The molecule has 3 atom stereocenters. The Hall–Kier alpha value is -3.76. The largest absolute Gasteiger partial charge is 0.444 e. The van der Waals surface area contributed by atoms with E-state index in [9.17, 15) is 35.9 Å². The van der Waals surface area contributed by atoms with Crippen molar-refractivity contribution < 1.29 is 35.9 Å². The molecule has 4 rings (SSSR count). The zero-order chi connectivity index (χ0) is 34.0. The molecule has 17 heteroatoms. The van der Waals surface area contributed by atoms with Gasteiger partial charge in [-0.25, -0.2) is 27.9 Å². The lowest BCUT2D eigenvalue weighted by Gasteiger charge is -2.33. The SMILES string of the molecule is CC(C)n1c(=O)c(-c2cc(F)c(NSCCC(F)(F)F)c(F)c2)nc2cnc(NC3CCC(NC(=O)OC(C)(C)C)C(F)C3)nc21. The lowest BCUT2D eigenvalue weighted by atomic mass is 9.89. The Morgan fingerprint density at radius 1 is 1.13 bits per heavy atom. The fraction of sp³-hybridized carbons (Fsp3) is 0.552. The van der Waals surface area contributed by atoms with Crippen LogP contribution in [-0.2, 0) is 4.74 Å². The molecule has 3 N–H and O–H groups in total. The number of carbonyl (C=O) groups is 1. The molecule has 252 valence electrons. The second-order valence-corrected chi connectivity index (χ2v) is 13.1. The third-order valence-corrected chi connectivity index (χ3v) is 7.69. The molecule has 0 spiro atoms. The maximum atomic E-state index is 15.0. The number of carbonyl (C=O) groups excluding carboxylic acids is 1. The fourth-order valence-corrected chi connectivity index (χ4v) is 5.66. The predicted molar refractivity (Wildman–Crippen MR) is 163 cm³/mol. The van der Waals surface area contributed by atoms with Crippen LogP contribution in [0.25, 0.3) is 22.4 Å². The first-order valence-corrected chi connectivity index (χ1v) is 15.5. The van der Waals surface area contributed by atoms with Gasteiger partial charge in [-0.3, -0.25) is 9.36 Å². The van der Waals surface area contributed by atoms with E-state index < -0.39 is 71.2 Å². The summed E-state index contributed by atoms with van der Waals surface area (Å²) in [7, 11) is 0. The summed E-state index contributed by atoms with van der Waals surface area (Å²) in [5.41, 5.74) is -2.24. The summed E-state index contributed by atoms with van der Waals surface area (Å²) in [6.45, 7) is 8.55. The lowest BCUT2D eigenvalue weighted by Crippen LogP contribution is -2.48. The minimum Gasteiger partial charge on any atom is -0.444 e. The normalized spacial score (nSPS) is 18.9. The molecule has 3 aromatic rings. The van der Waals surface area contributed by atoms with Gasteiger partial charge in [0.2, 0.25) is 5.95 Å². The summed E-state index contributed by atoms with van der Waals surface area (Å²) in [5.74, 6) is -2.59. The van der Waals surface area contributed by atoms with Crippen LogP contribution in [0.5, 0.6) is 0 Å². The van der Waals surface area contributed by atoms with Crippen molar-refractivity contribution in [3.8, 4) is 11.3 Å². The zero-order valence-electron chi connectivity index (χ0n) is 25.8. The Balaban J connectivity index is 1.53. The van der Waals surface area contributed by atoms with Crippen LogP contribution in [0.3, 0.4) is 0 Å². The molecule has 1 aliphatic rings. The second kappa shape index (κ2) is 13.9. The second-order valence-electron chi connectivity index (χ2n) is 12.2. The van der Waals surface area contributed by atoms with Gasteiger partial charge in [0.25, 0.3) is 5.56 Å². The van der Waals surface area contributed by atoms with Gasteiger partial charge in [-0.2, -0.15) is 18.2 Å². The molecule has 2 heterocycles. The number of anilines is 2. The van der Waals surface area contributed by atoms with Gasteiger partial charge in [0.1, 0.15) is 28.7 Å². The average Bonchev–Trinajstić information content (AvgIpc) is 2.91. The number of benzene rings is 1. The third kappa shape index (κ3) is 8.94. The van der Waals surface area contributed by atoms with E-state index in [2.05, 4.69) is 30.3 Å². The van der Waals surface area contributed by atoms with Crippen LogP contribution in [-0.4, -0.2) is 61.4 Å². The summed E-state index contributed by atoms with van der Waals surface area (Å²) in [6.07, 6.45) is -5.41. The minimum atomic E-state index is -4.41. The van der Waals surface area contributed by atoms with Gasteiger partial charge >= 0.3 is 12.3 Å². The molecular weight excluding hydrogens is 640 g/mol. The van der Waals surface area contributed by atoms with Crippen LogP contribution < -0.4 is 20.9 Å². The van der Waals surface area contributed by atoms with E-state index in [0.717, 1.165) is 12.1 Å². The Morgan fingerprint density at radius 2 is 1.80 bits per heavy atom. The quantitative estimate of drug-likeness (QED) is 0.126. The smallest absolute Gasteiger partial charge is 0.407 e. The first-order valence-electron chi connectivity index (χ1n) is 14.5. The molecule has 0 bridgehead atoms. The lowest BCUT2D eigenvalue weighted by molar-refractivity contribution is -0.129. The van der Waals surface area contributed by atoms with Crippen molar-refractivity contribution in [2.24, 2.45) is 0 Å². The molecule has 1 aromatic carbocycles. The first kappa shape index (κ1) is 35.1. The van der Waals surface area contributed by atoms with Crippen molar-refractivity contribution in [3.05, 3.63) is 40.3 Å². The van der Waals surface area contributed by atoms with E-state index in [1.165, 1.54) is 10.8 Å². The molecule has 2 aromatic heterocycles. The molecular formula is C29H35F6N7O3S. The molecule has 0 aliphatic heterocycles. The van der Waals surface area contributed by atoms with Crippen LogP contribution in [0.4, 0.5) is 42.8 Å². The van der Waals surface area contributed by atoms with Crippen LogP contribution in [0.15, 0.2) is 23.1 Å². The number of halogens is 6. The van der Waals surface area contributed by atoms with Gasteiger partial charge in [-0.05, 0) is 59.6 Å². The summed E-state index contributed by atoms with van der Waals surface area (Å²) >= 11 is 0.496. The van der Waals surface area contributed by atoms with Crippen LogP contribution in [0.1, 0.15) is 66.3 Å². The molecule has 1 saturated carbocycles. The number of hydrogen-bond acceptors (Lipinski definition) is 9. The molecule has 1 aliphatic carbocycles. The monoisotopic (exact) mass is 675 g/mol. The number of hydrogen-bond donors (Lipinski definition) is 3. The summed E-state index contributed by atoms with van der Waals surface area (Å²) in [6, 6.07) is 0.180. The van der Waals surface area contributed by atoms with E-state index in [4.69, 9.17) is 4.74 Å². The van der Waals surface area contributed by atoms with E-state index >= 15 is 0 Å². The minimum absolute atomic E-state index is 0.0544. The van der Waals surface area contributed by atoms with E-state index in [1.807, 2.05) is 0 Å². The molecule has 1 amide bonds. The summed E-state index contributed by atoms with van der Waals surface area (Å²) in [4.78, 5) is 38.6. The van der Waals surface area contributed by atoms with Crippen LogP contribution in [0.2, 0.25) is 0 Å². The standard InChI is InChI=1S/C29H35F6N7O3S/c1-14(2)42-24-21(13-36-26(40-24)37-16-6-7-20(17(30)12-16)39-27(44)45-28(3,4)5)38-22(25(42)43)15-10-18(31)23(19(32)11-15)41-46-9-8-29(33,34)35/h10-11,13-14,16-17,20,41H,6-9,12H2,1-5H3,(H,39,44)(H,36,37,40). The number of alkyl carbamates (subject to hydrolysis) is 1. The summed E-state index contributed by atoms with van der Waals surface area (Å²) in [5, 5.41) is 5.65. The molecule has 0 radical (unpaired) electrons. The number of amides is 1. The van der Waals surface area contributed by atoms with Crippen molar-refractivity contribution in [1.29, 1.82) is 0 Å². The number of rotatable bonds is 9. The highest BCUT2D eigenvalue weighted by Gasteiger charge is 2.33. The van der Waals surface area contributed by atoms with Crippen molar-refractivity contribution in [2.75, 3.05) is 15.8 Å². The van der Waals surface area contributed by atoms with Gasteiger partial charge in [-0.15, -0.1) is 0 Å². The van der Waals surface area contributed by atoms with Gasteiger partial charge in [0.05, 0.1) is 18.7 Å². The average molecular weight is 676 g/mol. The van der Waals surface area contributed by atoms with Gasteiger partial charge in [-0.1, -0.05) is 11.9 Å². The maximum Gasteiger partial charge on any atom is 0.407 e. The highest BCUT2D eigenvalue weighted by Crippen LogP contribution is 2.30.